The van der Waals surface area contributed by atoms with Crippen LogP contribution in [0.5, 0.6) is 5.75 Å². The molecule has 2 aliphatic rings. The maximum Gasteiger partial charge on any atom is 0.165 e. The summed E-state index contributed by atoms with van der Waals surface area (Å²) in [5.74, 6) is -0.703. The van der Waals surface area contributed by atoms with Gasteiger partial charge in [-0.05, 0) is 85.1 Å². The van der Waals surface area contributed by atoms with Gasteiger partial charge in [-0.3, -0.25) is 0 Å². The van der Waals surface area contributed by atoms with E-state index >= 15 is 4.39 Å². The van der Waals surface area contributed by atoms with Gasteiger partial charge in [0.05, 0.1) is 12.7 Å². The Bertz CT molecular complexity index is 974. The molecule has 34 heavy (non-hydrogen) atoms. The van der Waals surface area contributed by atoms with Crippen molar-refractivity contribution in [1.29, 1.82) is 0 Å². The molecule has 0 atom stereocenters. The van der Waals surface area contributed by atoms with Crippen molar-refractivity contribution in [3.05, 3.63) is 77.1 Å². The molecule has 2 aromatic carbocycles. The van der Waals surface area contributed by atoms with Crippen molar-refractivity contribution in [3.8, 4) is 5.75 Å². The minimum Gasteiger partial charge on any atom is -0.486 e. The molecule has 0 spiro atoms. The van der Waals surface area contributed by atoms with Crippen LogP contribution in [-0.4, -0.2) is 12.7 Å². The van der Waals surface area contributed by atoms with Gasteiger partial charge in [0.2, 0.25) is 0 Å². The topological polar surface area (TPSA) is 18.5 Å². The molecule has 0 unspecified atom stereocenters. The highest BCUT2D eigenvalue weighted by molar-refractivity contribution is 5.32. The van der Waals surface area contributed by atoms with E-state index in [4.69, 9.17) is 9.47 Å². The molecule has 2 nitrogen and oxygen atoms in total. The minimum atomic E-state index is -0.658. The zero-order chi connectivity index (χ0) is 24.1. The Kier molecular flexibility index (Phi) is 8.36. The van der Waals surface area contributed by atoms with Crippen LogP contribution in [0, 0.1) is 23.4 Å². The van der Waals surface area contributed by atoms with Gasteiger partial charge in [0, 0.05) is 0 Å². The lowest BCUT2D eigenvalue weighted by Gasteiger charge is -2.30. The van der Waals surface area contributed by atoms with Crippen molar-refractivity contribution in [2.75, 3.05) is 6.61 Å². The van der Waals surface area contributed by atoms with Crippen molar-refractivity contribution in [1.82, 2.24) is 0 Å². The predicted molar refractivity (Wildman–Crippen MR) is 129 cm³/mol. The molecule has 4 rings (SSSR count). The smallest absolute Gasteiger partial charge is 0.165 e. The van der Waals surface area contributed by atoms with Crippen LogP contribution in [-0.2, 0) is 11.3 Å². The molecule has 0 radical (unpaired) electrons. The van der Waals surface area contributed by atoms with Gasteiger partial charge in [-0.25, -0.2) is 13.2 Å². The van der Waals surface area contributed by atoms with E-state index in [0.29, 0.717) is 23.7 Å². The largest absolute Gasteiger partial charge is 0.486 e. The van der Waals surface area contributed by atoms with Gasteiger partial charge in [0.1, 0.15) is 6.61 Å². The van der Waals surface area contributed by atoms with Crippen LogP contribution in [0.2, 0.25) is 0 Å². The van der Waals surface area contributed by atoms with E-state index < -0.39 is 17.5 Å². The van der Waals surface area contributed by atoms with E-state index in [9.17, 15) is 8.78 Å². The van der Waals surface area contributed by atoms with E-state index in [0.717, 1.165) is 56.9 Å². The third-order valence-electron chi connectivity index (χ3n) is 7.55. The van der Waals surface area contributed by atoms with Crippen LogP contribution in [0.4, 0.5) is 13.2 Å². The molecule has 0 N–H and O–H groups in total. The highest BCUT2D eigenvalue weighted by atomic mass is 19.2. The summed E-state index contributed by atoms with van der Waals surface area (Å²) in [6.07, 6.45) is 8.70. The lowest BCUT2D eigenvalue weighted by molar-refractivity contribution is 0.0130. The van der Waals surface area contributed by atoms with Gasteiger partial charge in [-0.2, -0.15) is 0 Å². The Morgan fingerprint density at radius 2 is 1.44 bits per heavy atom. The fraction of sp³-hybridized carbons (Fsp3) is 0.517. The molecule has 2 fully saturated rings. The van der Waals surface area contributed by atoms with E-state index in [2.05, 4.69) is 13.5 Å². The van der Waals surface area contributed by atoms with Crippen molar-refractivity contribution < 1.29 is 22.6 Å². The summed E-state index contributed by atoms with van der Waals surface area (Å²) in [6, 6.07) is 8.46. The average molecular weight is 473 g/mol. The van der Waals surface area contributed by atoms with Gasteiger partial charge in [-0.15, -0.1) is 0 Å². The number of benzene rings is 2. The minimum absolute atomic E-state index is 0.00788. The van der Waals surface area contributed by atoms with Crippen molar-refractivity contribution >= 4 is 0 Å². The molecule has 5 heteroatoms. The first-order valence-corrected chi connectivity index (χ1v) is 12.6. The second-order valence-electron chi connectivity index (χ2n) is 9.98. The summed E-state index contributed by atoms with van der Waals surface area (Å²) >= 11 is 0. The Labute approximate surface area is 201 Å². The summed E-state index contributed by atoms with van der Waals surface area (Å²) in [7, 11) is 0. The van der Waals surface area contributed by atoms with Gasteiger partial charge >= 0.3 is 0 Å². The SMILES string of the molecule is C=CCOc1ccc(COC2CCC(c3ccc(C4CCC(C)CC4)c(F)c3F)CC2)cc1F. The van der Waals surface area contributed by atoms with Crippen LogP contribution in [0.1, 0.15) is 86.8 Å². The van der Waals surface area contributed by atoms with E-state index in [1.807, 2.05) is 12.1 Å². The highest BCUT2D eigenvalue weighted by Gasteiger charge is 2.29. The molecular weight excluding hydrogens is 437 g/mol. The van der Waals surface area contributed by atoms with E-state index in [-0.39, 0.29) is 30.3 Å². The third kappa shape index (κ3) is 5.86. The van der Waals surface area contributed by atoms with E-state index in [1.54, 1.807) is 18.2 Å². The van der Waals surface area contributed by atoms with Crippen LogP contribution in [0.3, 0.4) is 0 Å². The molecule has 2 aliphatic carbocycles. The zero-order valence-corrected chi connectivity index (χ0v) is 20.0. The van der Waals surface area contributed by atoms with Gasteiger partial charge in [0.25, 0.3) is 0 Å². The molecule has 0 heterocycles. The first-order chi connectivity index (χ1) is 16.5. The fourth-order valence-electron chi connectivity index (χ4n) is 5.44. The van der Waals surface area contributed by atoms with Gasteiger partial charge < -0.3 is 9.47 Å². The zero-order valence-electron chi connectivity index (χ0n) is 20.0. The maximum absolute atomic E-state index is 15.0. The second-order valence-corrected chi connectivity index (χ2v) is 9.98. The summed E-state index contributed by atoms with van der Waals surface area (Å²) < 4.78 is 55.4. The lowest BCUT2D eigenvalue weighted by Crippen LogP contribution is -2.22. The number of ether oxygens (including phenoxy) is 2. The van der Waals surface area contributed by atoms with Crippen LogP contribution >= 0.6 is 0 Å². The summed E-state index contributed by atoms with van der Waals surface area (Å²) in [5, 5.41) is 0. The van der Waals surface area contributed by atoms with Crippen LogP contribution in [0.25, 0.3) is 0 Å². The highest BCUT2D eigenvalue weighted by Crippen LogP contribution is 2.40. The Hall–Kier alpha value is -2.27. The van der Waals surface area contributed by atoms with Crippen LogP contribution < -0.4 is 4.74 Å². The Morgan fingerprint density at radius 3 is 2.00 bits per heavy atom. The molecular formula is C29H35F3O2. The summed E-state index contributed by atoms with van der Waals surface area (Å²) in [6.45, 7) is 6.35. The number of hydrogen-bond acceptors (Lipinski definition) is 2. The first-order valence-electron chi connectivity index (χ1n) is 12.6. The normalized spacial score (nSPS) is 25.2. The van der Waals surface area contributed by atoms with Crippen molar-refractivity contribution in [2.45, 2.75) is 82.8 Å². The monoisotopic (exact) mass is 472 g/mol. The summed E-state index contributed by atoms with van der Waals surface area (Å²) in [5.41, 5.74) is 1.80. The predicted octanol–water partition coefficient (Wildman–Crippen LogP) is 8.21. The first kappa shape index (κ1) is 24.8. The lowest BCUT2D eigenvalue weighted by atomic mass is 9.77. The molecule has 0 saturated heterocycles. The Morgan fingerprint density at radius 1 is 0.853 bits per heavy atom. The molecule has 2 saturated carbocycles. The number of rotatable bonds is 8. The molecule has 0 aliphatic heterocycles. The molecule has 2 aromatic rings. The van der Waals surface area contributed by atoms with Crippen molar-refractivity contribution in [3.63, 3.8) is 0 Å². The molecule has 0 amide bonds. The molecule has 0 aromatic heterocycles. The quantitative estimate of drug-likeness (QED) is 0.361. The summed E-state index contributed by atoms with van der Waals surface area (Å²) in [4.78, 5) is 0. The van der Waals surface area contributed by atoms with Gasteiger partial charge in [-0.1, -0.05) is 50.6 Å². The Balaban J connectivity index is 1.30. The molecule has 0 bridgehead atoms. The molecule has 184 valence electrons. The van der Waals surface area contributed by atoms with Crippen LogP contribution in [0.15, 0.2) is 43.0 Å². The van der Waals surface area contributed by atoms with Gasteiger partial charge in [0.15, 0.2) is 23.2 Å². The second kappa shape index (κ2) is 11.4. The average Bonchev–Trinajstić information content (AvgIpc) is 2.85. The van der Waals surface area contributed by atoms with Crippen molar-refractivity contribution in [2.24, 2.45) is 5.92 Å². The fourth-order valence-corrected chi connectivity index (χ4v) is 5.44. The number of hydrogen-bond donors (Lipinski definition) is 0. The maximum atomic E-state index is 15.0. The van der Waals surface area contributed by atoms with E-state index in [1.165, 1.54) is 6.07 Å². The third-order valence-corrected chi connectivity index (χ3v) is 7.55. The standard InChI is InChI=1S/C29H35F3O2/c1-3-16-33-27-15-6-20(17-26(27)30)18-34-23-11-9-22(10-12-23)25-14-13-24(28(31)29(25)32)21-7-4-19(2)5-8-21/h3,6,13-15,17,19,21-23H,1,4-5,7-12,16,18H2,2H3. The number of halogens is 3.